The molecular weight excluding hydrogens is 510 g/mol. The zero-order chi connectivity index (χ0) is 25.7. The normalized spacial score (nSPS) is 32.0. The summed E-state index contributed by atoms with van der Waals surface area (Å²) in [7, 11) is 0. The molecule has 35 heavy (non-hydrogen) atoms. The quantitative estimate of drug-likeness (QED) is 0.291. The molecular formula is C30H35BrF2O2. The van der Waals surface area contributed by atoms with Gasteiger partial charge in [-0.25, -0.2) is 8.78 Å². The molecule has 2 saturated carbocycles. The number of aliphatic hydroxyl groups is 1. The summed E-state index contributed by atoms with van der Waals surface area (Å²) in [5.74, 6) is 2.26. The van der Waals surface area contributed by atoms with Gasteiger partial charge in [-0.2, -0.15) is 0 Å². The Morgan fingerprint density at radius 2 is 1.80 bits per heavy atom. The summed E-state index contributed by atoms with van der Waals surface area (Å²) in [5, 5.41) is 10.8. The van der Waals surface area contributed by atoms with E-state index in [1.54, 1.807) is 6.08 Å². The molecule has 0 saturated heterocycles. The molecule has 0 amide bonds. The minimum Gasteiger partial charge on any atom is -0.393 e. The van der Waals surface area contributed by atoms with Crippen molar-refractivity contribution in [3.8, 4) is 12.3 Å². The molecule has 0 aromatic heterocycles. The van der Waals surface area contributed by atoms with Gasteiger partial charge in [0.25, 0.3) is 0 Å². The number of hydrogen-bond donors (Lipinski definition) is 1. The second-order valence-corrected chi connectivity index (χ2v) is 12.7. The number of benzene rings is 1. The smallest absolute Gasteiger partial charge is 0.156 e. The van der Waals surface area contributed by atoms with E-state index in [0.29, 0.717) is 30.7 Å². The van der Waals surface area contributed by atoms with Crippen molar-refractivity contribution in [3.63, 3.8) is 0 Å². The van der Waals surface area contributed by atoms with E-state index in [0.717, 1.165) is 31.3 Å². The summed E-state index contributed by atoms with van der Waals surface area (Å²) in [6.45, 7) is 8.15. The molecule has 0 bridgehead atoms. The first kappa shape index (κ1) is 26.3. The van der Waals surface area contributed by atoms with Gasteiger partial charge in [0.1, 0.15) is 11.6 Å². The van der Waals surface area contributed by atoms with Crippen LogP contribution in [-0.2, 0) is 4.79 Å². The molecule has 0 heterocycles. The number of fused-ring (bicyclic) bond motifs is 4. The Kier molecular flexibility index (Phi) is 7.21. The number of hydrogen-bond acceptors (Lipinski definition) is 2. The van der Waals surface area contributed by atoms with Crippen LogP contribution < -0.4 is 0 Å². The van der Waals surface area contributed by atoms with Crippen molar-refractivity contribution < 1.29 is 18.7 Å². The lowest BCUT2D eigenvalue weighted by atomic mass is 9.53. The van der Waals surface area contributed by atoms with Gasteiger partial charge in [0, 0.05) is 17.8 Å². The largest absolute Gasteiger partial charge is 0.393 e. The highest BCUT2D eigenvalue weighted by Gasteiger charge is 2.56. The molecule has 188 valence electrons. The predicted molar refractivity (Wildman–Crippen MR) is 139 cm³/mol. The predicted octanol–water partition coefficient (Wildman–Crippen LogP) is 7.65. The first-order valence-corrected chi connectivity index (χ1v) is 13.4. The van der Waals surface area contributed by atoms with Crippen LogP contribution in [0.1, 0.15) is 84.1 Å². The molecule has 0 aliphatic heterocycles. The first-order valence-electron chi connectivity index (χ1n) is 12.6. The van der Waals surface area contributed by atoms with Crippen molar-refractivity contribution in [1.82, 2.24) is 0 Å². The Morgan fingerprint density at radius 3 is 2.46 bits per heavy atom. The van der Waals surface area contributed by atoms with Gasteiger partial charge in [0.15, 0.2) is 5.78 Å². The highest BCUT2D eigenvalue weighted by molar-refractivity contribution is 9.10. The number of terminal acetylenes is 1. The van der Waals surface area contributed by atoms with Crippen LogP contribution in [0.5, 0.6) is 0 Å². The van der Waals surface area contributed by atoms with Crippen molar-refractivity contribution in [2.24, 2.45) is 22.7 Å². The van der Waals surface area contributed by atoms with Crippen LogP contribution in [-0.4, -0.2) is 17.0 Å². The second-order valence-electron chi connectivity index (χ2n) is 11.9. The topological polar surface area (TPSA) is 37.3 Å². The minimum atomic E-state index is -0.465. The zero-order valence-electron chi connectivity index (χ0n) is 21.1. The Balaban J connectivity index is 0.000000431. The fraction of sp³-hybridized carbons (Fsp3) is 0.567. The van der Waals surface area contributed by atoms with Gasteiger partial charge in [-0.1, -0.05) is 12.5 Å². The molecule has 4 aliphatic carbocycles. The highest BCUT2D eigenvalue weighted by Crippen LogP contribution is 2.64. The lowest BCUT2D eigenvalue weighted by Gasteiger charge is -2.52. The van der Waals surface area contributed by atoms with Crippen LogP contribution in [0.15, 0.2) is 39.4 Å². The SMILES string of the molecule is C#CC(C)(C)C.CC12CC(c3cc(F)c(Br)cc3F)C3=C4CCC(=O)C=C4CCC3C1CCC2O. The molecule has 2 nitrogen and oxygen atoms in total. The molecule has 5 heteroatoms. The van der Waals surface area contributed by atoms with Crippen LogP contribution >= 0.6 is 15.9 Å². The van der Waals surface area contributed by atoms with E-state index in [4.69, 9.17) is 6.42 Å². The lowest BCUT2D eigenvalue weighted by Crippen LogP contribution is -2.45. The van der Waals surface area contributed by atoms with Crippen molar-refractivity contribution in [2.75, 3.05) is 0 Å². The molecule has 2 fully saturated rings. The van der Waals surface area contributed by atoms with Crippen molar-refractivity contribution >= 4 is 21.7 Å². The van der Waals surface area contributed by atoms with Crippen LogP contribution in [0.2, 0.25) is 0 Å². The third-order valence-corrected chi connectivity index (χ3v) is 9.14. The number of allylic oxidation sites excluding steroid dienone is 4. The van der Waals surface area contributed by atoms with Crippen molar-refractivity contribution in [1.29, 1.82) is 0 Å². The van der Waals surface area contributed by atoms with Crippen LogP contribution in [0, 0.1) is 46.6 Å². The summed E-state index contributed by atoms with van der Waals surface area (Å²) < 4.78 is 29.6. The third-order valence-electron chi connectivity index (χ3n) is 8.53. The van der Waals surface area contributed by atoms with Gasteiger partial charge in [0.2, 0.25) is 0 Å². The number of carbonyl (C=O) groups is 1. The zero-order valence-corrected chi connectivity index (χ0v) is 22.6. The Labute approximate surface area is 216 Å². The number of aliphatic hydroxyl groups excluding tert-OH is 1. The molecule has 5 atom stereocenters. The number of rotatable bonds is 1. The molecule has 5 rings (SSSR count). The average molecular weight is 546 g/mol. The highest BCUT2D eigenvalue weighted by atomic mass is 79.9. The van der Waals surface area contributed by atoms with Crippen LogP contribution in [0.25, 0.3) is 0 Å². The number of carbonyl (C=O) groups excluding carboxylic acids is 1. The van der Waals surface area contributed by atoms with E-state index >= 15 is 4.39 Å². The maximum Gasteiger partial charge on any atom is 0.156 e. The fourth-order valence-electron chi connectivity index (χ4n) is 6.72. The van der Waals surface area contributed by atoms with Crippen molar-refractivity contribution in [3.05, 3.63) is 56.6 Å². The summed E-state index contributed by atoms with van der Waals surface area (Å²) >= 11 is 3.09. The van der Waals surface area contributed by atoms with E-state index in [-0.39, 0.29) is 32.9 Å². The van der Waals surface area contributed by atoms with E-state index in [1.165, 1.54) is 23.3 Å². The fourth-order valence-corrected chi connectivity index (χ4v) is 7.03. The maximum atomic E-state index is 15.1. The Hall–Kier alpha value is -1.77. The number of halogens is 3. The van der Waals surface area contributed by atoms with Gasteiger partial charge < -0.3 is 5.11 Å². The van der Waals surface area contributed by atoms with Gasteiger partial charge in [-0.3, -0.25) is 4.79 Å². The van der Waals surface area contributed by atoms with E-state index in [9.17, 15) is 14.3 Å². The molecule has 4 aliphatic rings. The molecule has 0 spiro atoms. The van der Waals surface area contributed by atoms with Gasteiger partial charge in [-0.15, -0.1) is 12.3 Å². The lowest BCUT2D eigenvalue weighted by molar-refractivity contribution is -0.114. The van der Waals surface area contributed by atoms with Crippen molar-refractivity contribution in [2.45, 2.75) is 84.7 Å². The number of ketones is 1. The summed E-state index contributed by atoms with van der Waals surface area (Å²) in [6, 6.07) is 2.54. The van der Waals surface area contributed by atoms with Crippen LogP contribution in [0.3, 0.4) is 0 Å². The third kappa shape index (κ3) is 4.94. The van der Waals surface area contributed by atoms with Gasteiger partial charge in [0.05, 0.1) is 10.6 Å². The maximum absolute atomic E-state index is 15.1. The summed E-state index contributed by atoms with van der Waals surface area (Å²) in [6.07, 6.45) is 11.7. The minimum absolute atomic E-state index is 0.0694. The van der Waals surface area contributed by atoms with Gasteiger partial charge in [-0.05, 0) is 127 Å². The second kappa shape index (κ2) is 9.60. The van der Waals surface area contributed by atoms with E-state index in [1.807, 2.05) is 20.8 Å². The molecule has 1 aromatic carbocycles. The summed E-state index contributed by atoms with van der Waals surface area (Å²) in [5.41, 5.74) is 3.68. The van der Waals surface area contributed by atoms with Crippen LogP contribution in [0.4, 0.5) is 8.78 Å². The van der Waals surface area contributed by atoms with E-state index in [2.05, 4.69) is 28.8 Å². The summed E-state index contributed by atoms with van der Waals surface area (Å²) in [4.78, 5) is 12.0. The van der Waals surface area contributed by atoms with Gasteiger partial charge >= 0.3 is 0 Å². The Bertz CT molecular complexity index is 1140. The average Bonchev–Trinajstić information content (AvgIpc) is 3.09. The molecule has 1 aromatic rings. The Morgan fingerprint density at radius 1 is 1.11 bits per heavy atom. The monoisotopic (exact) mass is 544 g/mol. The molecule has 5 unspecified atom stereocenters. The molecule has 0 radical (unpaired) electrons. The first-order chi connectivity index (χ1) is 16.4. The standard InChI is InChI=1S/C24H25BrF2O2.C6H10/c1-24-11-17(16-9-21(27)19(25)10-20(16)26)23-14-5-3-13(28)8-12(14)2-4-15(23)18(24)6-7-22(24)29;1-5-6(2,3)4/h8-10,15,17-18,22,29H,2-7,11H2,1H3;1H,2-4H3. The molecule has 1 N–H and O–H groups in total. The van der Waals surface area contributed by atoms with E-state index < -0.39 is 17.7 Å².